The fourth-order valence-corrected chi connectivity index (χ4v) is 2.91. The lowest BCUT2D eigenvalue weighted by Gasteiger charge is -2.20. The summed E-state index contributed by atoms with van der Waals surface area (Å²) in [6, 6.07) is 13.6. The highest BCUT2D eigenvalue weighted by molar-refractivity contribution is 6.01. The number of hydrogen-bond acceptors (Lipinski definition) is 3. The molecular weight excluding hydrogens is 366 g/mol. The first-order valence-electron chi connectivity index (χ1n) is 9.86. The van der Waals surface area contributed by atoms with Crippen molar-refractivity contribution in [2.75, 3.05) is 10.6 Å². The van der Waals surface area contributed by atoms with Crippen LogP contribution in [0, 0.1) is 5.92 Å². The summed E-state index contributed by atoms with van der Waals surface area (Å²) in [7, 11) is 0. The van der Waals surface area contributed by atoms with Crippen LogP contribution in [0.25, 0.3) is 0 Å². The van der Waals surface area contributed by atoms with E-state index in [1.54, 1.807) is 36.4 Å². The second kappa shape index (κ2) is 10.4. The highest BCUT2D eigenvalue weighted by atomic mass is 16.2. The van der Waals surface area contributed by atoms with Crippen LogP contribution in [-0.4, -0.2) is 23.8 Å². The number of rotatable bonds is 8. The molecule has 0 unspecified atom stereocenters. The average Bonchev–Trinajstić information content (AvgIpc) is 2.68. The summed E-state index contributed by atoms with van der Waals surface area (Å²) in [6.45, 7) is 7.50. The van der Waals surface area contributed by atoms with Crippen molar-refractivity contribution < 1.29 is 14.4 Å². The maximum Gasteiger partial charge on any atom is 0.251 e. The minimum atomic E-state index is -0.650. The first-order chi connectivity index (χ1) is 13.8. The fourth-order valence-electron chi connectivity index (χ4n) is 2.91. The van der Waals surface area contributed by atoms with Crippen LogP contribution >= 0.6 is 0 Å². The molecule has 154 valence electrons. The topological polar surface area (TPSA) is 87.3 Å². The first-order valence-corrected chi connectivity index (χ1v) is 9.86. The van der Waals surface area contributed by atoms with Gasteiger partial charge in [-0.05, 0) is 60.7 Å². The Hall–Kier alpha value is -3.15. The van der Waals surface area contributed by atoms with Crippen LogP contribution in [-0.2, 0) is 16.0 Å². The van der Waals surface area contributed by atoms with Crippen LogP contribution < -0.4 is 16.0 Å². The molecule has 2 aromatic rings. The van der Waals surface area contributed by atoms with E-state index in [4.69, 9.17) is 0 Å². The average molecular weight is 396 g/mol. The molecule has 2 rings (SSSR count). The van der Waals surface area contributed by atoms with Gasteiger partial charge in [0.15, 0.2) is 0 Å². The van der Waals surface area contributed by atoms with Gasteiger partial charge in [0.05, 0.1) is 0 Å². The third-order valence-electron chi connectivity index (χ3n) is 4.43. The molecule has 0 spiro atoms. The standard InChI is InChI=1S/C23H29N3O3/c1-5-17-6-8-18(9-7-17)22(28)26-21(14-15(2)3)23(29)25-20-12-10-19(11-13-20)24-16(4)27/h6-13,15,21H,5,14H2,1-4H3,(H,24,27)(H,25,29)(H,26,28)/t21-/m1/s1. The highest BCUT2D eigenvalue weighted by Gasteiger charge is 2.22. The Balaban J connectivity index is 2.06. The number of amides is 3. The van der Waals surface area contributed by atoms with Gasteiger partial charge >= 0.3 is 0 Å². The zero-order valence-electron chi connectivity index (χ0n) is 17.4. The molecule has 0 aliphatic carbocycles. The lowest BCUT2D eigenvalue weighted by atomic mass is 10.0. The molecule has 0 saturated heterocycles. The van der Waals surface area contributed by atoms with Crippen LogP contribution in [0.15, 0.2) is 48.5 Å². The quantitative estimate of drug-likeness (QED) is 0.631. The predicted molar refractivity (Wildman–Crippen MR) is 116 cm³/mol. The van der Waals surface area contributed by atoms with Crippen molar-refractivity contribution in [2.24, 2.45) is 5.92 Å². The predicted octanol–water partition coefficient (Wildman–Crippen LogP) is 3.99. The van der Waals surface area contributed by atoms with Crippen molar-refractivity contribution in [3.8, 4) is 0 Å². The van der Waals surface area contributed by atoms with E-state index >= 15 is 0 Å². The molecule has 0 aliphatic rings. The van der Waals surface area contributed by atoms with Crippen molar-refractivity contribution in [1.29, 1.82) is 0 Å². The molecule has 6 heteroatoms. The molecule has 0 heterocycles. The smallest absolute Gasteiger partial charge is 0.251 e. The molecule has 0 fully saturated rings. The molecule has 3 N–H and O–H groups in total. The minimum absolute atomic E-state index is 0.159. The molecule has 1 atom stereocenters. The summed E-state index contributed by atoms with van der Waals surface area (Å²) in [6.07, 6.45) is 1.43. The largest absolute Gasteiger partial charge is 0.340 e. The molecule has 0 bridgehead atoms. The van der Waals surface area contributed by atoms with Gasteiger partial charge in [-0.15, -0.1) is 0 Å². The third-order valence-corrected chi connectivity index (χ3v) is 4.43. The van der Waals surface area contributed by atoms with Gasteiger partial charge in [0.1, 0.15) is 6.04 Å². The van der Waals surface area contributed by atoms with Gasteiger partial charge in [-0.25, -0.2) is 0 Å². The zero-order chi connectivity index (χ0) is 21.4. The molecule has 29 heavy (non-hydrogen) atoms. The summed E-state index contributed by atoms with van der Waals surface area (Å²) in [4.78, 5) is 36.5. The van der Waals surface area contributed by atoms with Crippen LogP contribution in [0.3, 0.4) is 0 Å². The zero-order valence-corrected chi connectivity index (χ0v) is 17.4. The molecule has 3 amide bonds. The van der Waals surface area contributed by atoms with E-state index in [1.807, 2.05) is 26.0 Å². The van der Waals surface area contributed by atoms with Gasteiger partial charge < -0.3 is 16.0 Å². The summed E-state index contributed by atoms with van der Waals surface area (Å²) in [5.74, 6) is -0.469. The van der Waals surface area contributed by atoms with Gasteiger partial charge in [-0.2, -0.15) is 0 Å². The third kappa shape index (κ3) is 7.07. The van der Waals surface area contributed by atoms with Crippen LogP contribution in [0.5, 0.6) is 0 Å². The number of nitrogens with one attached hydrogen (secondary N) is 3. The van der Waals surface area contributed by atoms with E-state index in [2.05, 4.69) is 22.9 Å². The molecule has 0 saturated carbocycles. The summed E-state index contributed by atoms with van der Waals surface area (Å²) < 4.78 is 0. The Morgan fingerprint density at radius 1 is 0.862 bits per heavy atom. The van der Waals surface area contributed by atoms with Gasteiger partial charge in [-0.3, -0.25) is 14.4 Å². The Morgan fingerprint density at radius 2 is 1.41 bits per heavy atom. The van der Waals surface area contributed by atoms with E-state index in [9.17, 15) is 14.4 Å². The van der Waals surface area contributed by atoms with E-state index in [-0.39, 0.29) is 23.6 Å². The van der Waals surface area contributed by atoms with E-state index in [0.717, 1.165) is 12.0 Å². The highest BCUT2D eigenvalue weighted by Crippen LogP contribution is 2.15. The molecule has 0 aromatic heterocycles. The number of aryl methyl sites for hydroxylation is 1. The summed E-state index contributed by atoms with van der Waals surface area (Å²) in [5.41, 5.74) is 2.93. The normalized spacial score (nSPS) is 11.6. The van der Waals surface area contributed by atoms with Gasteiger partial charge in [0.25, 0.3) is 5.91 Å². The molecule has 0 radical (unpaired) electrons. The second-order valence-corrected chi connectivity index (χ2v) is 7.45. The number of carbonyl (C=O) groups is 3. The van der Waals surface area contributed by atoms with Crippen molar-refractivity contribution >= 4 is 29.1 Å². The Morgan fingerprint density at radius 3 is 1.90 bits per heavy atom. The van der Waals surface area contributed by atoms with E-state index in [0.29, 0.717) is 23.4 Å². The van der Waals surface area contributed by atoms with Crippen molar-refractivity contribution in [3.63, 3.8) is 0 Å². The second-order valence-electron chi connectivity index (χ2n) is 7.45. The van der Waals surface area contributed by atoms with Crippen molar-refractivity contribution in [2.45, 2.75) is 46.6 Å². The van der Waals surface area contributed by atoms with Crippen LogP contribution in [0.2, 0.25) is 0 Å². The Labute approximate surface area is 172 Å². The lowest BCUT2D eigenvalue weighted by molar-refractivity contribution is -0.118. The number of anilines is 2. The number of benzene rings is 2. The summed E-state index contributed by atoms with van der Waals surface area (Å²) >= 11 is 0. The van der Waals surface area contributed by atoms with Gasteiger partial charge in [-0.1, -0.05) is 32.9 Å². The molecule has 0 aliphatic heterocycles. The molecular formula is C23H29N3O3. The van der Waals surface area contributed by atoms with Crippen LogP contribution in [0.4, 0.5) is 11.4 Å². The maximum atomic E-state index is 12.8. The Kier molecular flexibility index (Phi) is 7.95. The SMILES string of the molecule is CCc1ccc(C(=O)N[C@H](CC(C)C)C(=O)Nc2ccc(NC(C)=O)cc2)cc1. The first kappa shape index (κ1) is 22.1. The molecule has 2 aromatic carbocycles. The lowest BCUT2D eigenvalue weighted by Crippen LogP contribution is -2.44. The fraction of sp³-hybridized carbons (Fsp3) is 0.348. The number of carbonyl (C=O) groups excluding carboxylic acids is 3. The summed E-state index contributed by atoms with van der Waals surface area (Å²) in [5, 5.41) is 8.37. The van der Waals surface area contributed by atoms with E-state index in [1.165, 1.54) is 6.92 Å². The van der Waals surface area contributed by atoms with Gasteiger partial charge in [0, 0.05) is 23.9 Å². The van der Waals surface area contributed by atoms with E-state index < -0.39 is 6.04 Å². The maximum absolute atomic E-state index is 12.8. The van der Waals surface area contributed by atoms with Gasteiger partial charge in [0.2, 0.25) is 11.8 Å². The van der Waals surface area contributed by atoms with Crippen molar-refractivity contribution in [3.05, 3.63) is 59.7 Å². The Bertz CT molecular complexity index is 843. The number of hydrogen-bond donors (Lipinski definition) is 3. The van der Waals surface area contributed by atoms with Crippen molar-refractivity contribution in [1.82, 2.24) is 5.32 Å². The minimum Gasteiger partial charge on any atom is -0.340 e. The van der Waals surface area contributed by atoms with Crippen LogP contribution in [0.1, 0.15) is 50.0 Å². The monoisotopic (exact) mass is 395 g/mol. The molecule has 6 nitrogen and oxygen atoms in total.